The Labute approximate surface area is 332 Å². The first-order valence-corrected chi connectivity index (χ1v) is 23.2. The van der Waals surface area contributed by atoms with Crippen LogP contribution in [0.5, 0.6) is 0 Å². The molecule has 53 heavy (non-hydrogen) atoms. The van der Waals surface area contributed by atoms with Crippen molar-refractivity contribution >= 4 is 69.7 Å². The van der Waals surface area contributed by atoms with E-state index in [-0.39, 0.29) is 22.6 Å². The molecule has 9 nitrogen and oxygen atoms in total. The molecular formula is C40H55N3O6S4. The van der Waals surface area contributed by atoms with Gasteiger partial charge in [0.2, 0.25) is 0 Å². The maximum absolute atomic E-state index is 12.3. The molecule has 0 atom stereocenters. The number of thioether (sulfide) groups is 4. The summed E-state index contributed by atoms with van der Waals surface area (Å²) < 4.78 is 3.23. The van der Waals surface area contributed by atoms with E-state index in [0.29, 0.717) is 22.3 Å². The van der Waals surface area contributed by atoms with Gasteiger partial charge in [0.1, 0.15) is 0 Å². The number of non-ortho nitro benzene ring substituents is 2. The SMILES string of the molecule is CCCCCCCCCCCCSC1=C(SCCCCCCCCCCCC)SC(=C2c3cc([N+](=O)[O-])ccc3-c3c2cc([N+](=O)[O-])cc3[N+](=O)[O-])S1. The van der Waals surface area contributed by atoms with Crippen molar-refractivity contribution in [3.05, 3.63) is 84.5 Å². The largest absolute Gasteiger partial charge is 0.284 e. The van der Waals surface area contributed by atoms with Gasteiger partial charge < -0.3 is 0 Å². The van der Waals surface area contributed by atoms with Crippen molar-refractivity contribution in [2.24, 2.45) is 0 Å². The predicted octanol–water partition coefficient (Wildman–Crippen LogP) is 15.0. The number of rotatable bonds is 27. The quantitative estimate of drug-likeness (QED) is 0.0417. The van der Waals surface area contributed by atoms with Crippen molar-refractivity contribution in [1.82, 2.24) is 0 Å². The maximum atomic E-state index is 12.3. The third-order valence-electron chi connectivity index (χ3n) is 9.74. The summed E-state index contributed by atoms with van der Waals surface area (Å²) in [7, 11) is 0. The molecule has 0 bridgehead atoms. The van der Waals surface area contributed by atoms with E-state index in [2.05, 4.69) is 13.8 Å². The van der Waals surface area contributed by atoms with Gasteiger partial charge in [0.05, 0.1) is 39.1 Å². The predicted molar refractivity (Wildman–Crippen MR) is 229 cm³/mol. The lowest BCUT2D eigenvalue weighted by Gasteiger charge is -2.08. The molecule has 0 aromatic heterocycles. The lowest BCUT2D eigenvalue weighted by atomic mass is 10.0. The molecule has 290 valence electrons. The topological polar surface area (TPSA) is 129 Å². The zero-order chi connectivity index (χ0) is 38.0. The lowest BCUT2D eigenvalue weighted by Crippen LogP contribution is -1.96. The molecule has 2 aromatic rings. The van der Waals surface area contributed by atoms with Crippen molar-refractivity contribution in [2.75, 3.05) is 11.5 Å². The average Bonchev–Trinajstić information content (AvgIpc) is 3.69. The first-order valence-electron chi connectivity index (χ1n) is 19.6. The summed E-state index contributed by atoms with van der Waals surface area (Å²) >= 11 is 6.90. The van der Waals surface area contributed by atoms with Crippen LogP contribution in [-0.4, -0.2) is 26.3 Å². The Hall–Kier alpha value is -2.48. The average molecular weight is 802 g/mol. The lowest BCUT2D eigenvalue weighted by molar-refractivity contribution is -0.393. The zero-order valence-corrected chi connectivity index (χ0v) is 34.6. The van der Waals surface area contributed by atoms with Gasteiger partial charge in [0.25, 0.3) is 17.1 Å². The molecule has 0 saturated carbocycles. The van der Waals surface area contributed by atoms with Crippen LogP contribution in [0.25, 0.3) is 16.7 Å². The van der Waals surface area contributed by atoms with E-state index in [1.165, 1.54) is 148 Å². The highest BCUT2D eigenvalue weighted by molar-refractivity contribution is 8.40. The molecule has 0 fully saturated rings. The minimum atomic E-state index is -0.615. The van der Waals surface area contributed by atoms with Crippen LogP contribution in [0.2, 0.25) is 0 Å². The molecule has 2 aliphatic rings. The van der Waals surface area contributed by atoms with Gasteiger partial charge in [-0.25, -0.2) is 0 Å². The summed E-state index contributed by atoms with van der Waals surface area (Å²) in [5, 5.41) is 36.1. The second-order valence-corrected chi connectivity index (χ2v) is 18.9. The fraction of sp³-hybridized carbons (Fsp3) is 0.600. The molecule has 0 radical (unpaired) electrons. The highest BCUT2D eigenvalue weighted by atomic mass is 32.3. The van der Waals surface area contributed by atoms with Gasteiger partial charge in [0, 0.05) is 29.3 Å². The Morgan fingerprint density at radius 1 is 0.509 bits per heavy atom. The van der Waals surface area contributed by atoms with Crippen molar-refractivity contribution in [3.63, 3.8) is 0 Å². The van der Waals surface area contributed by atoms with Gasteiger partial charge in [-0.1, -0.05) is 153 Å². The van der Waals surface area contributed by atoms with E-state index < -0.39 is 14.8 Å². The smallest absolute Gasteiger partial charge is 0.258 e. The van der Waals surface area contributed by atoms with Crippen LogP contribution in [0.3, 0.4) is 0 Å². The summed E-state index contributed by atoms with van der Waals surface area (Å²) in [4.78, 5) is 34.4. The van der Waals surface area contributed by atoms with E-state index in [9.17, 15) is 30.3 Å². The van der Waals surface area contributed by atoms with E-state index in [0.717, 1.165) is 34.7 Å². The number of nitro groups is 3. The minimum Gasteiger partial charge on any atom is -0.258 e. The molecule has 2 aromatic carbocycles. The fourth-order valence-corrected chi connectivity index (χ4v) is 12.9. The van der Waals surface area contributed by atoms with Crippen LogP contribution in [-0.2, 0) is 0 Å². The molecule has 0 saturated heterocycles. The number of hydrogen-bond acceptors (Lipinski definition) is 10. The molecule has 0 spiro atoms. The molecule has 1 aliphatic carbocycles. The van der Waals surface area contributed by atoms with Gasteiger partial charge in [-0.2, -0.15) is 0 Å². The number of nitro benzene ring substituents is 3. The van der Waals surface area contributed by atoms with Crippen molar-refractivity contribution in [1.29, 1.82) is 0 Å². The van der Waals surface area contributed by atoms with Crippen LogP contribution >= 0.6 is 47.0 Å². The normalized spacial score (nSPS) is 13.5. The summed E-state index contributed by atoms with van der Waals surface area (Å²) in [6.45, 7) is 4.50. The van der Waals surface area contributed by atoms with Gasteiger partial charge in [-0.15, -0.1) is 23.5 Å². The monoisotopic (exact) mass is 801 g/mol. The van der Waals surface area contributed by atoms with E-state index >= 15 is 0 Å². The number of hydrogen-bond donors (Lipinski definition) is 0. The fourth-order valence-electron chi connectivity index (χ4n) is 6.84. The molecule has 0 N–H and O–H groups in total. The van der Waals surface area contributed by atoms with Gasteiger partial charge in [-0.3, -0.25) is 30.3 Å². The molecule has 13 heteroatoms. The van der Waals surface area contributed by atoms with E-state index in [4.69, 9.17) is 0 Å². The highest BCUT2D eigenvalue weighted by Gasteiger charge is 2.38. The molecule has 0 unspecified atom stereocenters. The molecule has 1 heterocycles. The summed E-state index contributed by atoms with van der Waals surface area (Å²) in [6, 6.07) is 6.73. The second kappa shape index (κ2) is 23.4. The van der Waals surface area contributed by atoms with E-state index in [1.807, 2.05) is 23.5 Å². The van der Waals surface area contributed by atoms with Crippen molar-refractivity contribution in [3.8, 4) is 11.1 Å². The van der Waals surface area contributed by atoms with Gasteiger partial charge in [-0.05, 0) is 41.5 Å². The van der Waals surface area contributed by atoms with Crippen molar-refractivity contribution < 1.29 is 14.8 Å². The number of unbranched alkanes of at least 4 members (excludes halogenated alkanes) is 18. The van der Waals surface area contributed by atoms with Crippen LogP contribution < -0.4 is 0 Å². The number of nitrogens with zero attached hydrogens (tertiary/aromatic N) is 3. The summed E-state index contributed by atoms with van der Waals surface area (Å²) in [5.41, 5.74) is 1.40. The number of fused-ring (bicyclic) bond motifs is 3. The third kappa shape index (κ3) is 13.1. The Morgan fingerprint density at radius 2 is 0.943 bits per heavy atom. The van der Waals surface area contributed by atoms with Crippen molar-refractivity contribution in [2.45, 2.75) is 142 Å². The summed E-state index contributed by atoms with van der Waals surface area (Å²) in [5.74, 6) is 1.97. The maximum Gasteiger partial charge on any atom is 0.284 e. The first kappa shape index (κ1) is 43.3. The Bertz CT molecular complexity index is 1590. The Kier molecular flexibility index (Phi) is 19.1. The second-order valence-electron chi connectivity index (χ2n) is 13.9. The minimum absolute atomic E-state index is 0.126. The van der Waals surface area contributed by atoms with Crippen LogP contribution in [0.15, 0.2) is 43.0 Å². The standard InChI is InChI=1S/C40H55N3O6S4/c1-3-5-7-9-11-13-15-17-19-21-25-50-39-40(51-26-22-20-18-16-14-12-10-8-6-4-2)53-38(52-39)37-33-27-30(41(44)45)23-24-32(33)36-34(37)28-31(42(46)47)29-35(36)43(48)49/h23-24,27-29H,3-22,25-26H2,1-2H3. The van der Waals surface area contributed by atoms with Crippen LogP contribution in [0, 0.1) is 30.3 Å². The molecule has 4 rings (SSSR count). The Morgan fingerprint density at radius 3 is 1.38 bits per heavy atom. The van der Waals surface area contributed by atoms with E-state index in [1.54, 1.807) is 23.5 Å². The molecule has 0 amide bonds. The Balaban J connectivity index is 1.50. The molecule has 1 aliphatic heterocycles. The third-order valence-corrected chi connectivity index (χ3v) is 15.4. The number of benzene rings is 2. The molecular weight excluding hydrogens is 747 g/mol. The van der Waals surface area contributed by atoms with Gasteiger partial charge >= 0.3 is 0 Å². The van der Waals surface area contributed by atoms with Crippen LogP contribution in [0.4, 0.5) is 17.1 Å². The first-order chi connectivity index (χ1) is 25.8. The van der Waals surface area contributed by atoms with Crippen LogP contribution in [0.1, 0.15) is 153 Å². The highest BCUT2D eigenvalue weighted by Crippen LogP contribution is 2.63. The summed E-state index contributed by atoms with van der Waals surface area (Å²) in [6.07, 6.45) is 25.5. The zero-order valence-electron chi connectivity index (χ0n) is 31.4. The van der Waals surface area contributed by atoms with Gasteiger partial charge in [0.15, 0.2) is 0 Å².